The van der Waals surface area contributed by atoms with Crippen LogP contribution in [0.4, 0.5) is 0 Å². The van der Waals surface area contributed by atoms with Crippen molar-refractivity contribution in [3.8, 4) is 5.88 Å². The Morgan fingerprint density at radius 2 is 2.15 bits per heavy atom. The van der Waals surface area contributed by atoms with E-state index in [0.717, 1.165) is 0 Å². The molecule has 0 radical (unpaired) electrons. The van der Waals surface area contributed by atoms with E-state index < -0.39 is 16.5 Å². The van der Waals surface area contributed by atoms with Gasteiger partial charge in [0, 0.05) is 12.3 Å². The molecule has 2 atom stereocenters. The lowest BCUT2D eigenvalue weighted by atomic mass is 10.5. The summed E-state index contributed by atoms with van der Waals surface area (Å²) < 4.78 is 29.5. The highest BCUT2D eigenvalue weighted by Gasteiger charge is 2.04. The largest absolute Gasteiger partial charge is 0.408 e. The van der Waals surface area contributed by atoms with Gasteiger partial charge < -0.3 is 9.42 Å². The highest BCUT2D eigenvalue weighted by Crippen LogP contribution is 2.36. The van der Waals surface area contributed by atoms with Crippen molar-refractivity contribution < 1.29 is 22.9 Å². The number of hydrogen-bond donors (Lipinski definition) is 1. The summed E-state index contributed by atoms with van der Waals surface area (Å²) in [5.41, 5.74) is 0. The van der Waals surface area contributed by atoms with E-state index in [1.807, 2.05) is 0 Å². The van der Waals surface area contributed by atoms with Crippen molar-refractivity contribution in [2.24, 2.45) is 0 Å². The predicted octanol–water partition coefficient (Wildman–Crippen LogP) is 1.25. The maximum Gasteiger partial charge on any atom is 0.376 e. The topological polar surface area (TPSA) is 85.7 Å². The van der Waals surface area contributed by atoms with E-state index in [2.05, 4.69) is 13.8 Å². The molecule has 0 aliphatic rings. The predicted molar refractivity (Wildman–Crippen MR) is 46.2 cm³/mol. The van der Waals surface area contributed by atoms with Gasteiger partial charge in [0.2, 0.25) is 5.88 Å². The highest BCUT2D eigenvalue weighted by molar-refractivity contribution is 7.47. The second-order valence-electron chi connectivity index (χ2n) is 1.89. The van der Waals surface area contributed by atoms with Crippen molar-refractivity contribution in [3.05, 3.63) is 24.4 Å². The minimum atomic E-state index is -3.22. The van der Waals surface area contributed by atoms with Crippen LogP contribution in [0.25, 0.3) is 0 Å². The molecule has 1 aromatic rings. The highest BCUT2D eigenvalue weighted by atomic mass is 31.2. The van der Waals surface area contributed by atoms with Crippen LogP contribution in [0.15, 0.2) is 24.4 Å². The van der Waals surface area contributed by atoms with Crippen LogP contribution in [0, 0.1) is 0 Å². The summed E-state index contributed by atoms with van der Waals surface area (Å²) in [6.45, 7) is 0. The van der Waals surface area contributed by atoms with Gasteiger partial charge in [-0.15, -0.1) is 0 Å². The maximum atomic E-state index is 10.8. The molecule has 0 spiro atoms. The molecule has 2 unspecified atom stereocenters. The summed E-state index contributed by atoms with van der Waals surface area (Å²) in [5, 5.41) is 0. The quantitative estimate of drug-likeness (QED) is 0.773. The lowest BCUT2D eigenvalue weighted by molar-refractivity contribution is 0.371. The average molecular weight is 223 g/mol. The Bertz CT molecular complexity index is 316. The summed E-state index contributed by atoms with van der Waals surface area (Å²) >= 11 is 0. The minimum absolute atomic E-state index is 0.0923. The number of aromatic nitrogens is 1. The van der Waals surface area contributed by atoms with Crippen LogP contribution in [0.5, 0.6) is 5.88 Å². The van der Waals surface area contributed by atoms with E-state index in [4.69, 9.17) is 4.89 Å². The van der Waals surface area contributed by atoms with Crippen LogP contribution in [0.1, 0.15) is 0 Å². The third-order valence-electron chi connectivity index (χ3n) is 0.996. The van der Waals surface area contributed by atoms with E-state index in [0.29, 0.717) is 0 Å². The molecule has 1 N–H and O–H groups in total. The number of rotatable bonds is 4. The van der Waals surface area contributed by atoms with Crippen LogP contribution >= 0.6 is 16.5 Å². The lowest BCUT2D eigenvalue weighted by Gasteiger charge is -2.01. The van der Waals surface area contributed by atoms with Crippen molar-refractivity contribution in [1.82, 2.24) is 4.98 Å². The second-order valence-corrected chi connectivity index (χ2v) is 3.94. The van der Waals surface area contributed by atoms with Gasteiger partial charge in [0.25, 0.3) is 0 Å². The second kappa shape index (κ2) is 5.14. The molecule has 72 valence electrons. The first-order chi connectivity index (χ1) is 6.18. The Kier molecular flexibility index (Phi) is 4.12. The summed E-state index contributed by atoms with van der Waals surface area (Å²) in [7, 11) is -6.19. The molecule has 0 bridgehead atoms. The summed E-state index contributed by atoms with van der Waals surface area (Å²) in [6, 6.07) is 4.74. The van der Waals surface area contributed by atoms with Crippen molar-refractivity contribution in [2.75, 3.05) is 0 Å². The normalized spacial score (nSPS) is 14.8. The molecule has 1 aromatic heterocycles. The maximum absolute atomic E-state index is 10.8. The minimum Gasteiger partial charge on any atom is -0.408 e. The third-order valence-corrected chi connectivity index (χ3v) is 2.74. The van der Waals surface area contributed by atoms with E-state index >= 15 is 0 Å². The molecule has 8 heteroatoms. The zero-order valence-corrected chi connectivity index (χ0v) is 8.34. The first-order valence-electron chi connectivity index (χ1n) is 3.22. The Morgan fingerprint density at radius 1 is 1.38 bits per heavy atom. The van der Waals surface area contributed by atoms with Gasteiger partial charge in [-0.2, -0.15) is 0 Å². The van der Waals surface area contributed by atoms with E-state index in [-0.39, 0.29) is 5.88 Å². The van der Waals surface area contributed by atoms with Gasteiger partial charge in [0.15, 0.2) is 0 Å². The molecule has 0 aromatic carbocycles. The first kappa shape index (κ1) is 10.4. The van der Waals surface area contributed by atoms with Crippen molar-refractivity contribution in [1.29, 1.82) is 0 Å². The standard InChI is InChI=1S/C5H7NO5P2/c7-12(8)11-13(9)10-5-3-1-2-4-6-5/h1-4,12-13H,(H,7,8). The van der Waals surface area contributed by atoms with Gasteiger partial charge in [-0.1, -0.05) is 6.07 Å². The van der Waals surface area contributed by atoms with Crippen molar-refractivity contribution in [2.45, 2.75) is 0 Å². The molecule has 1 heterocycles. The molecule has 0 amide bonds. The Morgan fingerprint density at radius 3 is 2.69 bits per heavy atom. The SMILES string of the molecule is O=[PH](O)O[PH](=O)Oc1ccccn1. The molecule has 13 heavy (non-hydrogen) atoms. The molecule has 1 rings (SSSR count). The van der Waals surface area contributed by atoms with Gasteiger partial charge in [0.05, 0.1) is 0 Å². The van der Waals surface area contributed by atoms with Gasteiger partial charge in [0.1, 0.15) is 0 Å². The molecule has 0 fully saturated rings. The van der Waals surface area contributed by atoms with Crippen LogP contribution < -0.4 is 4.52 Å². The number of hydrogen-bond acceptors (Lipinski definition) is 5. The number of nitrogens with zero attached hydrogens (tertiary/aromatic N) is 1. The molecule has 0 aliphatic carbocycles. The Balaban J connectivity index is 2.50. The molecular weight excluding hydrogens is 216 g/mol. The fourth-order valence-corrected chi connectivity index (χ4v) is 1.61. The summed E-state index contributed by atoms with van der Waals surface area (Å²) in [5.74, 6) is 0.0923. The van der Waals surface area contributed by atoms with Crippen LogP contribution in [0.3, 0.4) is 0 Å². The fourth-order valence-electron chi connectivity index (χ4n) is 0.585. The monoisotopic (exact) mass is 223 g/mol. The van der Waals surface area contributed by atoms with Gasteiger partial charge >= 0.3 is 16.5 Å². The Labute approximate surface area is 75.4 Å². The lowest BCUT2D eigenvalue weighted by Crippen LogP contribution is -1.84. The van der Waals surface area contributed by atoms with Gasteiger partial charge in [-0.05, 0) is 6.07 Å². The zero-order chi connectivity index (χ0) is 9.68. The third kappa shape index (κ3) is 4.20. The summed E-state index contributed by atoms with van der Waals surface area (Å²) in [4.78, 5) is 11.9. The molecular formula is C5H7NO5P2. The molecule has 0 aliphatic heterocycles. The molecule has 6 nitrogen and oxygen atoms in total. The van der Waals surface area contributed by atoms with E-state index in [1.54, 1.807) is 12.1 Å². The summed E-state index contributed by atoms with van der Waals surface area (Å²) in [6.07, 6.45) is 1.44. The van der Waals surface area contributed by atoms with Crippen molar-refractivity contribution in [3.63, 3.8) is 0 Å². The zero-order valence-electron chi connectivity index (χ0n) is 6.34. The smallest absolute Gasteiger partial charge is 0.376 e. The first-order valence-corrected chi connectivity index (χ1v) is 5.71. The number of pyridine rings is 1. The van der Waals surface area contributed by atoms with Crippen LogP contribution in [0.2, 0.25) is 0 Å². The van der Waals surface area contributed by atoms with Crippen LogP contribution in [-0.2, 0) is 13.4 Å². The van der Waals surface area contributed by atoms with Crippen LogP contribution in [-0.4, -0.2) is 9.88 Å². The fraction of sp³-hybridized carbons (Fsp3) is 0. The van der Waals surface area contributed by atoms with Gasteiger partial charge in [-0.25, -0.2) is 13.9 Å². The van der Waals surface area contributed by atoms with Crippen molar-refractivity contribution >= 4 is 16.5 Å². The van der Waals surface area contributed by atoms with E-state index in [9.17, 15) is 9.13 Å². The molecule has 0 saturated carbocycles. The average Bonchev–Trinajstić information content (AvgIpc) is 2.04. The molecule has 0 saturated heterocycles. The van der Waals surface area contributed by atoms with Gasteiger partial charge in [-0.3, -0.25) is 4.57 Å². The Hall–Kier alpha value is -0.670. The van der Waals surface area contributed by atoms with E-state index in [1.165, 1.54) is 12.3 Å².